The molecule has 7 heteroatoms. The fraction of sp³-hybridized carbons (Fsp3) is 0. The van der Waals surface area contributed by atoms with Crippen LogP contribution in [0, 0.1) is 11.3 Å². The van der Waals surface area contributed by atoms with Gasteiger partial charge in [0.1, 0.15) is 23.1 Å². The van der Waals surface area contributed by atoms with Crippen LogP contribution in [0.25, 0.3) is 17.3 Å². The number of hydrogen-bond acceptors (Lipinski definition) is 6. The highest BCUT2D eigenvalue weighted by Gasteiger charge is 2.12. The molecule has 3 rings (SSSR count). The molecule has 0 fully saturated rings. The third kappa shape index (κ3) is 1.44. The van der Waals surface area contributed by atoms with Crippen molar-refractivity contribution in [1.29, 1.82) is 5.26 Å². The van der Waals surface area contributed by atoms with Gasteiger partial charge in [0, 0.05) is 6.20 Å². The number of nitrogens with two attached hydrogens (primary N) is 1. The number of pyridine rings is 1. The van der Waals surface area contributed by atoms with Crippen molar-refractivity contribution >= 4 is 11.6 Å². The summed E-state index contributed by atoms with van der Waals surface area (Å²) < 4.78 is 1.34. The van der Waals surface area contributed by atoms with Crippen LogP contribution >= 0.6 is 0 Å². The van der Waals surface area contributed by atoms with E-state index in [2.05, 4.69) is 20.1 Å². The second-order valence-electron chi connectivity index (χ2n) is 3.53. The van der Waals surface area contributed by atoms with Crippen molar-refractivity contribution in [3.63, 3.8) is 0 Å². The molecular weight excluding hydrogens is 230 g/mol. The van der Waals surface area contributed by atoms with Crippen molar-refractivity contribution < 1.29 is 0 Å². The zero-order chi connectivity index (χ0) is 12.5. The van der Waals surface area contributed by atoms with E-state index in [1.165, 1.54) is 10.7 Å². The van der Waals surface area contributed by atoms with Gasteiger partial charge in [0.05, 0.1) is 6.20 Å². The Bertz CT molecular complexity index is 754. The highest BCUT2D eigenvalue weighted by Crippen LogP contribution is 2.15. The zero-order valence-electron chi connectivity index (χ0n) is 9.15. The number of nitrogens with zero attached hydrogens (tertiary/aromatic N) is 6. The van der Waals surface area contributed by atoms with Gasteiger partial charge >= 0.3 is 0 Å². The number of rotatable bonds is 1. The number of nitrogen functional groups attached to an aromatic ring is 1. The molecule has 0 aromatic carbocycles. The zero-order valence-corrected chi connectivity index (χ0v) is 9.15. The second-order valence-corrected chi connectivity index (χ2v) is 3.53. The molecule has 3 aromatic rings. The van der Waals surface area contributed by atoms with Gasteiger partial charge in [0.2, 0.25) is 5.82 Å². The molecule has 18 heavy (non-hydrogen) atoms. The molecule has 3 aromatic heterocycles. The molecule has 3 heterocycles. The van der Waals surface area contributed by atoms with E-state index in [0.717, 1.165) is 0 Å². The Labute approximate surface area is 102 Å². The standard InChI is InChI=1S/C11H7N7/c12-5-7-6-15-11-16-10(17-18(11)9(7)13)8-3-1-2-4-14-8/h1-4,6H,13H2. The third-order valence-corrected chi connectivity index (χ3v) is 2.42. The van der Waals surface area contributed by atoms with E-state index in [0.29, 0.717) is 17.3 Å². The summed E-state index contributed by atoms with van der Waals surface area (Å²) in [7, 11) is 0. The van der Waals surface area contributed by atoms with Crippen molar-refractivity contribution in [1.82, 2.24) is 24.6 Å². The maximum atomic E-state index is 8.86. The number of aromatic nitrogens is 5. The Hall–Kier alpha value is -3.01. The highest BCUT2D eigenvalue weighted by atomic mass is 15.4. The Kier molecular flexibility index (Phi) is 2.13. The average molecular weight is 237 g/mol. The summed E-state index contributed by atoms with van der Waals surface area (Å²) in [4.78, 5) is 12.4. The number of anilines is 1. The largest absolute Gasteiger partial charge is 0.382 e. The monoisotopic (exact) mass is 237 g/mol. The van der Waals surface area contributed by atoms with Crippen molar-refractivity contribution in [2.24, 2.45) is 0 Å². The van der Waals surface area contributed by atoms with E-state index in [4.69, 9.17) is 11.0 Å². The lowest BCUT2D eigenvalue weighted by molar-refractivity contribution is 0.948. The lowest BCUT2D eigenvalue weighted by Gasteiger charge is -1.97. The van der Waals surface area contributed by atoms with Gasteiger partial charge in [0.15, 0.2) is 0 Å². The minimum Gasteiger partial charge on any atom is -0.382 e. The summed E-state index contributed by atoms with van der Waals surface area (Å²) in [5.41, 5.74) is 6.69. The van der Waals surface area contributed by atoms with Crippen molar-refractivity contribution in [2.75, 3.05) is 5.73 Å². The highest BCUT2D eigenvalue weighted by molar-refractivity contribution is 5.56. The Morgan fingerprint density at radius 2 is 2.17 bits per heavy atom. The van der Waals surface area contributed by atoms with E-state index in [9.17, 15) is 0 Å². The molecule has 0 spiro atoms. The molecular formula is C11H7N7. The summed E-state index contributed by atoms with van der Waals surface area (Å²) >= 11 is 0. The average Bonchev–Trinajstić information content (AvgIpc) is 2.85. The first-order valence-corrected chi connectivity index (χ1v) is 5.12. The summed E-state index contributed by atoms with van der Waals surface area (Å²) in [6, 6.07) is 7.38. The molecule has 0 bridgehead atoms. The first kappa shape index (κ1) is 10.2. The quantitative estimate of drug-likeness (QED) is 0.665. The molecule has 86 valence electrons. The van der Waals surface area contributed by atoms with Crippen LogP contribution in [0.5, 0.6) is 0 Å². The Morgan fingerprint density at radius 1 is 1.28 bits per heavy atom. The lowest BCUT2D eigenvalue weighted by atomic mass is 10.3. The van der Waals surface area contributed by atoms with E-state index in [1.54, 1.807) is 18.3 Å². The number of nitriles is 1. The van der Waals surface area contributed by atoms with Gasteiger partial charge in [-0.25, -0.2) is 4.98 Å². The summed E-state index contributed by atoms with van der Waals surface area (Å²) in [6.45, 7) is 0. The van der Waals surface area contributed by atoms with Crippen molar-refractivity contribution in [2.45, 2.75) is 0 Å². The van der Waals surface area contributed by atoms with Crippen molar-refractivity contribution in [3.05, 3.63) is 36.2 Å². The van der Waals surface area contributed by atoms with Crippen LogP contribution in [0.4, 0.5) is 5.82 Å². The van der Waals surface area contributed by atoms with Crippen LogP contribution in [0.15, 0.2) is 30.6 Å². The van der Waals surface area contributed by atoms with Gasteiger partial charge in [-0.05, 0) is 12.1 Å². The van der Waals surface area contributed by atoms with E-state index >= 15 is 0 Å². The van der Waals surface area contributed by atoms with Gasteiger partial charge < -0.3 is 5.73 Å². The SMILES string of the molecule is N#Cc1cnc2nc(-c3ccccn3)nn2c1N. The van der Waals surface area contributed by atoms with Crippen LogP contribution in [0.2, 0.25) is 0 Å². The Morgan fingerprint density at radius 3 is 2.89 bits per heavy atom. The van der Waals surface area contributed by atoms with Gasteiger partial charge in [0.25, 0.3) is 5.78 Å². The molecule has 0 atom stereocenters. The minimum atomic E-state index is 0.220. The first-order chi connectivity index (χ1) is 8.79. The molecule has 0 aliphatic heterocycles. The van der Waals surface area contributed by atoms with Gasteiger partial charge in [-0.3, -0.25) is 4.98 Å². The van der Waals surface area contributed by atoms with E-state index in [1.807, 2.05) is 12.1 Å². The third-order valence-electron chi connectivity index (χ3n) is 2.42. The van der Waals surface area contributed by atoms with Crippen LogP contribution in [-0.4, -0.2) is 24.6 Å². The minimum absolute atomic E-state index is 0.220. The maximum absolute atomic E-state index is 8.86. The first-order valence-electron chi connectivity index (χ1n) is 5.12. The number of fused-ring (bicyclic) bond motifs is 1. The predicted octanol–water partition coefficient (Wildman–Crippen LogP) is 0.640. The molecule has 2 N–H and O–H groups in total. The normalized spacial score (nSPS) is 10.4. The summed E-state index contributed by atoms with van der Waals surface area (Å²) in [5, 5.41) is 13.1. The molecule has 0 saturated carbocycles. The number of hydrogen-bond donors (Lipinski definition) is 1. The smallest absolute Gasteiger partial charge is 0.254 e. The van der Waals surface area contributed by atoms with Crippen LogP contribution in [0.3, 0.4) is 0 Å². The molecule has 0 aliphatic carbocycles. The topological polar surface area (TPSA) is 106 Å². The molecule has 0 saturated heterocycles. The second kappa shape index (κ2) is 3.78. The Balaban J connectivity index is 2.24. The van der Waals surface area contributed by atoms with Crippen LogP contribution in [0.1, 0.15) is 5.56 Å². The molecule has 0 amide bonds. The fourth-order valence-electron chi connectivity index (χ4n) is 1.54. The summed E-state index contributed by atoms with van der Waals surface area (Å²) in [5.74, 6) is 0.981. The molecule has 7 nitrogen and oxygen atoms in total. The molecule has 0 aliphatic rings. The van der Waals surface area contributed by atoms with Gasteiger partial charge in [-0.15, -0.1) is 5.10 Å². The van der Waals surface area contributed by atoms with Crippen LogP contribution < -0.4 is 5.73 Å². The maximum Gasteiger partial charge on any atom is 0.254 e. The van der Waals surface area contributed by atoms with E-state index < -0.39 is 0 Å². The fourth-order valence-corrected chi connectivity index (χ4v) is 1.54. The predicted molar refractivity (Wildman–Crippen MR) is 63.1 cm³/mol. The van der Waals surface area contributed by atoms with Crippen LogP contribution in [-0.2, 0) is 0 Å². The van der Waals surface area contributed by atoms with E-state index in [-0.39, 0.29) is 11.4 Å². The van der Waals surface area contributed by atoms with Gasteiger partial charge in [-0.1, -0.05) is 6.07 Å². The van der Waals surface area contributed by atoms with Gasteiger partial charge in [-0.2, -0.15) is 14.8 Å². The molecule has 0 radical (unpaired) electrons. The summed E-state index contributed by atoms with van der Waals surface area (Å²) in [6.07, 6.45) is 3.03. The lowest BCUT2D eigenvalue weighted by Crippen LogP contribution is -2.03. The van der Waals surface area contributed by atoms with Crippen molar-refractivity contribution in [3.8, 4) is 17.6 Å². The molecule has 0 unspecified atom stereocenters.